The number of nitrogens with one attached hydrogen (secondary N) is 1. The Morgan fingerprint density at radius 2 is 2.21 bits per heavy atom. The summed E-state index contributed by atoms with van der Waals surface area (Å²) in [5, 5.41) is 15.1. The number of carboxylic acids is 1. The third-order valence-electron chi connectivity index (χ3n) is 3.09. The smallest absolute Gasteiger partial charge is 0.335 e. The Hall–Kier alpha value is -2.70. The number of nitrogens with zero attached hydrogens (tertiary/aromatic N) is 3. The quantitative estimate of drug-likeness (QED) is 0.826. The molecule has 1 aromatic carbocycles. The number of carbonyl (C=O) groups excluding carboxylic acids is 1. The van der Waals surface area contributed by atoms with Crippen LogP contribution in [-0.4, -0.2) is 38.7 Å². The average Bonchev–Trinajstić information content (AvgIpc) is 3.06. The summed E-state index contributed by atoms with van der Waals surface area (Å²) >= 11 is 0. The molecular weight excluding hydrogens is 248 g/mol. The predicted molar refractivity (Wildman–Crippen MR) is 65.2 cm³/mol. The molecule has 7 heteroatoms. The minimum absolute atomic E-state index is 0.147. The first kappa shape index (κ1) is 11.4. The van der Waals surface area contributed by atoms with Crippen LogP contribution >= 0.6 is 0 Å². The highest BCUT2D eigenvalue weighted by Crippen LogP contribution is 2.29. The third kappa shape index (κ3) is 1.85. The monoisotopic (exact) mass is 258 g/mol. The average molecular weight is 258 g/mol. The normalized spacial score (nSPS) is 13.4. The predicted octanol–water partition coefficient (Wildman–Crippen LogP) is 0.706. The number of rotatable bonds is 2. The molecule has 0 unspecified atom stereocenters. The standard InChI is InChI=1S/C12H10N4O3/c17-11(10-13-6-14-15-10)16-4-3-7-1-2-8(12(18)19)5-9(7)16/h1-2,5-6H,3-4H2,(H,18,19)(H,13,14,15). The Kier molecular flexibility index (Phi) is 2.52. The van der Waals surface area contributed by atoms with Crippen LogP contribution in [0.2, 0.25) is 0 Å². The topological polar surface area (TPSA) is 99.2 Å². The molecule has 19 heavy (non-hydrogen) atoms. The highest BCUT2D eigenvalue weighted by molar-refractivity contribution is 6.05. The molecule has 3 rings (SSSR count). The molecule has 0 atom stereocenters. The molecule has 0 saturated carbocycles. The lowest BCUT2D eigenvalue weighted by Gasteiger charge is -2.15. The van der Waals surface area contributed by atoms with Gasteiger partial charge in [-0.3, -0.25) is 9.89 Å². The van der Waals surface area contributed by atoms with Crippen LogP contribution in [0.4, 0.5) is 5.69 Å². The van der Waals surface area contributed by atoms with E-state index < -0.39 is 5.97 Å². The lowest BCUT2D eigenvalue weighted by Crippen LogP contribution is -2.30. The maximum Gasteiger partial charge on any atom is 0.335 e. The maximum atomic E-state index is 12.2. The van der Waals surface area contributed by atoms with Gasteiger partial charge in [-0.1, -0.05) is 6.07 Å². The van der Waals surface area contributed by atoms with E-state index in [1.165, 1.54) is 17.3 Å². The van der Waals surface area contributed by atoms with Crippen molar-refractivity contribution in [2.75, 3.05) is 11.4 Å². The number of carboxylic acid groups (broad SMARTS) is 1. The summed E-state index contributed by atoms with van der Waals surface area (Å²) in [5.41, 5.74) is 1.75. The van der Waals surface area contributed by atoms with Crippen molar-refractivity contribution in [2.45, 2.75) is 6.42 Å². The molecule has 0 saturated heterocycles. The molecular formula is C12H10N4O3. The molecule has 96 valence electrons. The number of H-pyrrole nitrogens is 1. The second kappa shape index (κ2) is 4.20. The molecule has 1 aliphatic heterocycles. The lowest BCUT2D eigenvalue weighted by atomic mass is 10.1. The van der Waals surface area contributed by atoms with E-state index in [2.05, 4.69) is 15.2 Å². The summed E-state index contributed by atoms with van der Waals surface area (Å²) < 4.78 is 0. The Morgan fingerprint density at radius 1 is 1.37 bits per heavy atom. The van der Waals surface area contributed by atoms with Crippen LogP contribution in [0.3, 0.4) is 0 Å². The van der Waals surface area contributed by atoms with Gasteiger partial charge in [-0.05, 0) is 24.1 Å². The summed E-state index contributed by atoms with van der Waals surface area (Å²) in [5.74, 6) is -1.17. The van der Waals surface area contributed by atoms with Gasteiger partial charge >= 0.3 is 5.97 Å². The molecule has 2 aromatic rings. The van der Waals surface area contributed by atoms with Crippen LogP contribution < -0.4 is 4.90 Å². The zero-order valence-corrected chi connectivity index (χ0v) is 9.83. The number of anilines is 1. The highest BCUT2D eigenvalue weighted by atomic mass is 16.4. The van der Waals surface area contributed by atoms with E-state index in [-0.39, 0.29) is 17.3 Å². The number of amides is 1. The number of aromatic carboxylic acids is 1. The number of carbonyl (C=O) groups is 2. The van der Waals surface area contributed by atoms with Gasteiger partial charge in [-0.15, -0.1) is 0 Å². The van der Waals surface area contributed by atoms with E-state index in [1.807, 2.05) is 0 Å². The molecule has 2 N–H and O–H groups in total. The van der Waals surface area contributed by atoms with Crippen molar-refractivity contribution in [1.29, 1.82) is 0 Å². The van der Waals surface area contributed by atoms with Crippen molar-refractivity contribution in [1.82, 2.24) is 15.2 Å². The fraction of sp³-hybridized carbons (Fsp3) is 0.167. The Labute approximate surface area is 107 Å². The molecule has 0 fully saturated rings. The number of benzene rings is 1. The summed E-state index contributed by atoms with van der Waals surface area (Å²) in [7, 11) is 0. The summed E-state index contributed by atoms with van der Waals surface area (Å²) in [6.45, 7) is 0.512. The SMILES string of the molecule is O=C(O)c1ccc2c(c1)N(C(=O)c1ncn[nH]1)CC2. The zero-order chi connectivity index (χ0) is 13.4. The molecule has 1 amide bonds. The van der Waals surface area contributed by atoms with Crippen LogP contribution in [-0.2, 0) is 6.42 Å². The van der Waals surface area contributed by atoms with Crippen molar-refractivity contribution in [3.63, 3.8) is 0 Å². The van der Waals surface area contributed by atoms with E-state index in [4.69, 9.17) is 5.11 Å². The van der Waals surface area contributed by atoms with Gasteiger partial charge in [0.25, 0.3) is 5.91 Å². The van der Waals surface area contributed by atoms with Gasteiger partial charge in [-0.25, -0.2) is 9.78 Å². The zero-order valence-electron chi connectivity index (χ0n) is 9.83. The molecule has 2 heterocycles. The summed E-state index contributed by atoms with van der Waals surface area (Å²) in [6.07, 6.45) is 1.97. The molecule has 7 nitrogen and oxygen atoms in total. The second-order valence-corrected chi connectivity index (χ2v) is 4.19. The van der Waals surface area contributed by atoms with Crippen molar-refractivity contribution in [3.8, 4) is 0 Å². The number of aromatic amines is 1. The Morgan fingerprint density at radius 3 is 2.89 bits per heavy atom. The van der Waals surface area contributed by atoms with Gasteiger partial charge in [0.15, 0.2) is 0 Å². The summed E-state index contributed by atoms with van der Waals surface area (Å²) in [6, 6.07) is 4.80. The van der Waals surface area contributed by atoms with Gasteiger partial charge in [0, 0.05) is 12.2 Å². The number of hydrogen-bond donors (Lipinski definition) is 2. The van der Waals surface area contributed by atoms with Gasteiger partial charge in [0.2, 0.25) is 5.82 Å². The van der Waals surface area contributed by atoms with E-state index in [9.17, 15) is 9.59 Å². The number of fused-ring (bicyclic) bond motifs is 1. The first-order valence-corrected chi connectivity index (χ1v) is 5.70. The summed E-state index contributed by atoms with van der Waals surface area (Å²) in [4.78, 5) is 28.5. The number of aromatic nitrogens is 3. The fourth-order valence-corrected chi connectivity index (χ4v) is 2.16. The second-order valence-electron chi connectivity index (χ2n) is 4.19. The van der Waals surface area contributed by atoms with E-state index in [0.717, 1.165) is 5.56 Å². The van der Waals surface area contributed by atoms with Crippen LogP contribution in [0.5, 0.6) is 0 Å². The Balaban J connectivity index is 1.99. The highest BCUT2D eigenvalue weighted by Gasteiger charge is 2.27. The molecule has 0 spiro atoms. The van der Waals surface area contributed by atoms with Crippen LogP contribution in [0.1, 0.15) is 26.5 Å². The van der Waals surface area contributed by atoms with Gasteiger partial charge in [-0.2, -0.15) is 5.10 Å². The molecule has 0 bridgehead atoms. The largest absolute Gasteiger partial charge is 0.478 e. The van der Waals surface area contributed by atoms with E-state index >= 15 is 0 Å². The van der Waals surface area contributed by atoms with Crippen LogP contribution in [0.25, 0.3) is 0 Å². The minimum Gasteiger partial charge on any atom is -0.478 e. The lowest BCUT2D eigenvalue weighted by molar-refractivity contribution is 0.0696. The maximum absolute atomic E-state index is 12.2. The fourth-order valence-electron chi connectivity index (χ4n) is 2.16. The van der Waals surface area contributed by atoms with E-state index in [1.54, 1.807) is 12.1 Å². The number of hydrogen-bond acceptors (Lipinski definition) is 4. The molecule has 1 aromatic heterocycles. The Bertz CT molecular complexity index is 651. The van der Waals surface area contributed by atoms with E-state index in [0.29, 0.717) is 18.7 Å². The van der Waals surface area contributed by atoms with Crippen molar-refractivity contribution in [2.24, 2.45) is 0 Å². The van der Waals surface area contributed by atoms with Crippen molar-refractivity contribution in [3.05, 3.63) is 41.5 Å². The molecule has 0 radical (unpaired) electrons. The third-order valence-corrected chi connectivity index (χ3v) is 3.09. The van der Waals surface area contributed by atoms with Crippen LogP contribution in [0, 0.1) is 0 Å². The van der Waals surface area contributed by atoms with Gasteiger partial charge in [0.1, 0.15) is 6.33 Å². The van der Waals surface area contributed by atoms with Crippen molar-refractivity contribution < 1.29 is 14.7 Å². The van der Waals surface area contributed by atoms with Crippen molar-refractivity contribution >= 4 is 17.6 Å². The minimum atomic E-state index is -1.01. The van der Waals surface area contributed by atoms with Crippen LogP contribution in [0.15, 0.2) is 24.5 Å². The molecule has 0 aliphatic carbocycles. The van der Waals surface area contributed by atoms with Gasteiger partial charge < -0.3 is 10.0 Å². The molecule has 1 aliphatic rings. The first-order chi connectivity index (χ1) is 9.16. The van der Waals surface area contributed by atoms with Gasteiger partial charge in [0.05, 0.1) is 5.56 Å². The first-order valence-electron chi connectivity index (χ1n) is 5.70.